The minimum atomic E-state index is -4.05. The minimum Gasteiger partial charge on any atom is -0.497 e. The zero-order valence-corrected chi connectivity index (χ0v) is 19.2. The van der Waals surface area contributed by atoms with Crippen LogP contribution in [0.1, 0.15) is 30.5 Å². The highest BCUT2D eigenvalue weighted by molar-refractivity contribution is 7.93. The predicted molar refractivity (Wildman–Crippen MR) is 121 cm³/mol. The standard InChI is InChI=1S/C25H26O6S/c1-23(2)25(27,18-11-15-20(31-4)16-12-18)24(26,17-9-13-19(30-3)14-10-17)21-7-5-6-8-22(21)32(23,28)29/h5-16,26-27H,1-4H3/t24-,25-/m0/s1. The van der Waals surface area contributed by atoms with E-state index in [0.29, 0.717) is 17.1 Å². The molecule has 3 aromatic rings. The first-order valence-corrected chi connectivity index (χ1v) is 11.6. The second-order valence-electron chi connectivity index (χ2n) is 8.39. The maximum Gasteiger partial charge on any atom is 0.187 e. The summed E-state index contributed by atoms with van der Waals surface area (Å²) in [5, 5.41) is 24.9. The van der Waals surface area contributed by atoms with Crippen molar-refractivity contribution in [3.63, 3.8) is 0 Å². The SMILES string of the molecule is COc1ccc([C@]2(O)c3ccccc3S(=O)(=O)C(C)(C)[C@@]2(O)c2ccc(OC)cc2)cc1. The molecule has 1 aliphatic rings. The first-order valence-electron chi connectivity index (χ1n) is 10.1. The number of fused-ring (bicyclic) bond motifs is 1. The molecule has 1 aliphatic heterocycles. The smallest absolute Gasteiger partial charge is 0.187 e. The van der Waals surface area contributed by atoms with Gasteiger partial charge in [-0.25, -0.2) is 8.42 Å². The van der Waals surface area contributed by atoms with Crippen molar-refractivity contribution in [2.24, 2.45) is 0 Å². The van der Waals surface area contributed by atoms with E-state index in [2.05, 4.69) is 0 Å². The maximum absolute atomic E-state index is 13.7. The Bertz CT molecular complexity index is 1250. The van der Waals surface area contributed by atoms with Crippen LogP contribution in [0.2, 0.25) is 0 Å². The summed E-state index contributed by atoms with van der Waals surface area (Å²) < 4.78 is 36.2. The monoisotopic (exact) mass is 454 g/mol. The van der Waals surface area contributed by atoms with Crippen molar-refractivity contribution in [1.29, 1.82) is 0 Å². The van der Waals surface area contributed by atoms with Crippen molar-refractivity contribution in [3.8, 4) is 11.5 Å². The van der Waals surface area contributed by atoms with Gasteiger partial charge in [-0.2, -0.15) is 0 Å². The number of aliphatic hydroxyl groups is 2. The quantitative estimate of drug-likeness (QED) is 0.628. The first-order chi connectivity index (χ1) is 15.1. The van der Waals surface area contributed by atoms with Gasteiger partial charge in [-0.15, -0.1) is 0 Å². The highest BCUT2D eigenvalue weighted by atomic mass is 32.2. The third-order valence-electron chi connectivity index (χ3n) is 6.65. The predicted octanol–water partition coefficient (Wildman–Crippen LogP) is 3.39. The summed E-state index contributed by atoms with van der Waals surface area (Å²) in [7, 11) is -1.00. The van der Waals surface area contributed by atoms with Crippen LogP contribution in [-0.4, -0.2) is 37.6 Å². The van der Waals surface area contributed by atoms with Gasteiger partial charge in [0.1, 0.15) is 21.8 Å². The van der Waals surface area contributed by atoms with Gasteiger partial charge in [0.15, 0.2) is 15.4 Å². The van der Waals surface area contributed by atoms with Gasteiger partial charge in [0, 0.05) is 5.56 Å². The summed E-state index contributed by atoms with van der Waals surface area (Å²) in [4.78, 5) is -0.0125. The fraction of sp³-hybridized carbons (Fsp3) is 0.280. The molecule has 0 amide bonds. The van der Waals surface area contributed by atoms with Crippen LogP contribution in [0.25, 0.3) is 0 Å². The van der Waals surface area contributed by atoms with E-state index in [9.17, 15) is 18.6 Å². The van der Waals surface area contributed by atoms with Crippen LogP contribution >= 0.6 is 0 Å². The average Bonchev–Trinajstić information content (AvgIpc) is 2.82. The normalized spacial score (nSPS) is 25.6. The molecule has 0 saturated carbocycles. The lowest BCUT2D eigenvalue weighted by Gasteiger charge is -2.56. The van der Waals surface area contributed by atoms with Crippen molar-refractivity contribution in [2.75, 3.05) is 14.2 Å². The van der Waals surface area contributed by atoms with Crippen LogP contribution in [0.3, 0.4) is 0 Å². The molecule has 0 spiro atoms. The molecule has 3 aromatic carbocycles. The summed E-state index contributed by atoms with van der Waals surface area (Å²) in [6.07, 6.45) is 0. The molecule has 4 rings (SSSR count). The third kappa shape index (κ3) is 2.68. The van der Waals surface area contributed by atoms with Crippen molar-refractivity contribution >= 4 is 9.84 Å². The highest BCUT2D eigenvalue weighted by Gasteiger charge is 2.70. The molecular formula is C25H26O6S. The minimum absolute atomic E-state index is 0.0125. The van der Waals surface area contributed by atoms with Gasteiger partial charge in [-0.3, -0.25) is 0 Å². The number of methoxy groups -OCH3 is 2. The Morgan fingerprint density at radius 3 is 1.69 bits per heavy atom. The van der Waals surface area contributed by atoms with Gasteiger partial charge >= 0.3 is 0 Å². The van der Waals surface area contributed by atoms with Gasteiger partial charge in [0.2, 0.25) is 0 Å². The van der Waals surface area contributed by atoms with Gasteiger partial charge < -0.3 is 19.7 Å². The molecule has 0 aromatic heterocycles. The van der Waals surface area contributed by atoms with E-state index in [1.807, 2.05) is 0 Å². The van der Waals surface area contributed by atoms with Crippen molar-refractivity contribution in [3.05, 3.63) is 89.5 Å². The molecular weight excluding hydrogens is 428 g/mol. The molecule has 0 saturated heterocycles. The lowest BCUT2D eigenvalue weighted by molar-refractivity contribution is -0.163. The van der Waals surface area contributed by atoms with E-state index in [4.69, 9.17) is 9.47 Å². The Hall–Kier alpha value is -2.87. The molecule has 0 aliphatic carbocycles. The molecule has 0 radical (unpaired) electrons. The van der Waals surface area contributed by atoms with Gasteiger partial charge in [0.25, 0.3) is 0 Å². The van der Waals surface area contributed by atoms with Crippen LogP contribution in [-0.2, 0) is 21.0 Å². The molecule has 168 valence electrons. The van der Waals surface area contributed by atoms with Gasteiger partial charge in [-0.1, -0.05) is 42.5 Å². The Morgan fingerprint density at radius 1 is 0.719 bits per heavy atom. The molecule has 1 heterocycles. The van der Waals surface area contributed by atoms with Crippen LogP contribution in [0, 0.1) is 0 Å². The summed E-state index contributed by atoms with van der Waals surface area (Å²) in [6.45, 7) is 2.88. The van der Waals surface area contributed by atoms with E-state index < -0.39 is 25.8 Å². The summed E-state index contributed by atoms with van der Waals surface area (Å²) in [6, 6.07) is 19.3. The van der Waals surface area contributed by atoms with Crippen molar-refractivity contribution in [1.82, 2.24) is 0 Å². The van der Waals surface area contributed by atoms with E-state index in [-0.39, 0.29) is 16.0 Å². The summed E-state index contributed by atoms with van der Waals surface area (Å²) >= 11 is 0. The zero-order valence-electron chi connectivity index (χ0n) is 18.4. The van der Waals surface area contributed by atoms with Gasteiger partial charge in [0.05, 0.1) is 19.1 Å². The third-order valence-corrected chi connectivity index (χ3v) is 9.22. The topological polar surface area (TPSA) is 93.1 Å². The number of hydrogen-bond donors (Lipinski definition) is 2. The van der Waals surface area contributed by atoms with Crippen LogP contribution in [0.4, 0.5) is 0 Å². The highest BCUT2D eigenvalue weighted by Crippen LogP contribution is 2.60. The largest absolute Gasteiger partial charge is 0.497 e. The van der Waals surface area contributed by atoms with E-state index in [1.165, 1.54) is 34.1 Å². The zero-order chi connectivity index (χ0) is 23.4. The van der Waals surface area contributed by atoms with Crippen molar-refractivity contribution < 1.29 is 28.1 Å². The number of ether oxygens (including phenoxy) is 2. The number of hydrogen-bond acceptors (Lipinski definition) is 6. The number of sulfone groups is 1. The number of benzene rings is 3. The number of rotatable bonds is 4. The first kappa shape index (κ1) is 22.3. The fourth-order valence-corrected chi connectivity index (χ4v) is 6.65. The Morgan fingerprint density at radius 2 is 1.19 bits per heavy atom. The molecule has 32 heavy (non-hydrogen) atoms. The molecule has 2 atom stereocenters. The molecule has 0 fully saturated rings. The van der Waals surface area contributed by atoms with E-state index in [0.717, 1.165) is 0 Å². The van der Waals surface area contributed by atoms with E-state index >= 15 is 0 Å². The molecule has 7 heteroatoms. The van der Waals surface area contributed by atoms with Crippen LogP contribution in [0.5, 0.6) is 11.5 Å². The Labute approximate surface area is 188 Å². The van der Waals surface area contributed by atoms with Crippen molar-refractivity contribution in [2.45, 2.75) is 34.7 Å². The second kappa shape index (κ2) is 7.33. The Balaban J connectivity index is 2.14. The average molecular weight is 455 g/mol. The fourth-order valence-electron chi connectivity index (χ4n) is 4.69. The summed E-state index contributed by atoms with van der Waals surface area (Å²) in [5.74, 6) is 1.11. The molecule has 0 bridgehead atoms. The molecule has 2 N–H and O–H groups in total. The van der Waals surface area contributed by atoms with Gasteiger partial charge in [-0.05, 0) is 55.3 Å². The maximum atomic E-state index is 13.7. The Kier molecular flexibility index (Phi) is 5.12. The summed E-state index contributed by atoms with van der Waals surface area (Å²) in [5.41, 5.74) is -3.62. The molecule has 0 unspecified atom stereocenters. The van der Waals surface area contributed by atoms with Crippen LogP contribution < -0.4 is 9.47 Å². The van der Waals surface area contributed by atoms with E-state index in [1.54, 1.807) is 66.7 Å². The lowest BCUT2D eigenvalue weighted by Crippen LogP contribution is -2.67. The second-order valence-corrected chi connectivity index (χ2v) is 10.9. The lowest BCUT2D eigenvalue weighted by atomic mass is 9.63. The molecule has 6 nitrogen and oxygen atoms in total. The van der Waals surface area contributed by atoms with Crippen LogP contribution in [0.15, 0.2) is 77.7 Å².